The molecule has 5 heterocycles. The monoisotopic (exact) mass is 412 g/mol. The van der Waals surface area contributed by atoms with Crippen molar-refractivity contribution >= 4 is 5.97 Å². The lowest BCUT2D eigenvalue weighted by atomic mass is 9.58. The van der Waals surface area contributed by atoms with Crippen molar-refractivity contribution in [3.8, 4) is 0 Å². The SMILES string of the molecule is C[C@H]1[C@@H](OCC2CCC(C(=O)O)O2)O[C@@H]2O[C@@]3(C)CC[C@H]4[C@H](C)CC[C@@H]1[C@@]24OO3. The summed E-state index contributed by atoms with van der Waals surface area (Å²) in [6, 6.07) is 0. The lowest BCUT2D eigenvalue weighted by molar-refractivity contribution is -0.577. The van der Waals surface area contributed by atoms with Gasteiger partial charge in [-0.25, -0.2) is 14.6 Å². The Hall–Kier alpha value is -0.770. The van der Waals surface area contributed by atoms with Gasteiger partial charge in [0.2, 0.25) is 5.79 Å². The van der Waals surface area contributed by atoms with Gasteiger partial charge >= 0.3 is 5.97 Å². The molecule has 29 heavy (non-hydrogen) atoms. The van der Waals surface area contributed by atoms with Gasteiger partial charge in [0.1, 0.15) is 0 Å². The summed E-state index contributed by atoms with van der Waals surface area (Å²) in [5.41, 5.74) is -0.592. The summed E-state index contributed by atoms with van der Waals surface area (Å²) in [5, 5.41) is 9.12. The first-order valence-corrected chi connectivity index (χ1v) is 11.0. The Morgan fingerprint density at radius 3 is 2.66 bits per heavy atom. The van der Waals surface area contributed by atoms with Gasteiger partial charge in [-0.1, -0.05) is 13.8 Å². The van der Waals surface area contributed by atoms with Gasteiger partial charge in [0.05, 0.1) is 12.7 Å². The minimum absolute atomic E-state index is 0.104. The third kappa shape index (κ3) is 3.15. The van der Waals surface area contributed by atoms with Crippen LogP contribution in [0.5, 0.6) is 0 Å². The van der Waals surface area contributed by atoms with E-state index in [0.717, 1.165) is 25.7 Å². The van der Waals surface area contributed by atoms with Crippen LogP contribution in [-0.4, -0.2) is 53.9 Å². The molecule has 5 saturated heterocycles. The predicted molar refractivity (Wildman–Crippen MR) is 98.3 cm³/mol. The molecule has 8 nitrogen and oxygen atoms in total. The molecule has 1 spiro atoms. The van der Waals surface area contributed by atoms with E-state index in [1.54, 1.807) is 0 Å². The van der Waals surface area contributed by atoms with Gasteiger partial charge in [-0.05, 0) is 50.9 Å². The van der Waals surface area contributed by atoms with Crippen LogP contribution in [0.15, 0.2) is 0 Å². The molecule has 6 rings (SSSR count). The Balaban J connectivity index is 1.33. The van der Waals surface area contributed by atoms with Crippen molar-refractivity contribution < 1.29 is 38.6 Å². The fourth-order valence-electron chi connectivity index (χ4n) is 6.27. The molecule has 2 bridgehead atoms. The Bertz CT molecular complexity index is 657. The summed E-state index contributed by atoms with van der Waals surface area (Å²) in [6.45, 7) is 6.66. The van der Waals surface area contributed by atoms with Crippen LogP contribution in [0.25, 0.3) is 0 Å². The Morgan fingerprint density at radius 2 is 1.90 bits per heavy atom. The molecule has 1 aliphatic carbocycles. The highest BCUT2D eigenvalue weighted by atomic mass is 17.3. The van der Waals surface area contributed by atoms with Crippen LogP contribution in [0.4, 0.5) is 0 Å². The van der Waals surface area contributed by atoms with E-state index in [2.05, 4.69) is 13.8 Å². The van der Waals surface area contributed by atoms with Crippen molar-refractivity contribution in [3.05, 3.63) is 0 Å². The average molecular weight is 412 g/mol. The summed E-state index contributed by atoms with van der Waals surface area (Å²) in [6.07, 6.45) is 3.22. The lowest BCUT2D eigenvalue weighted by Gasteiger charge is -2.60. The maximum absolute atomic E-state index is 11.1. The highest BCUT2D eigenvalue weighted by Gasteiger charge is 2.69. The number of rotatable bonds is 4. The molecule has 5 aliphatic heterocycles. The Labute approximate surface area is 171 Å². The average Bonchev–Trinajstić information content (AvgIpc) is 3.05. The third-order valence-electron chi connectivity index (χ3n) is 7.93. The van der Waals surface area contributed by atoms with Gasteiger partial charge in [-0.15, -0.1) is 0 Å². The number of carboxylic acid groups (broad SMARTS) is 1. The maximum Gasteiger partial charge on any atom is 0.332 e. The predicted octanol–water partition coefficient (Wildman–Crippen LogP) is 2.84. The molecule has 0 amide bonds. The quantitative estimate of drug-likeness (QED) is 0.705. The number of hydrogen-bond acceptors (Lipinski definition) is 7. The zero-order valence-corrected chi connectivity index (χ0v) is 17.4. The molecule has 6 fully saturated rings. The number of fused-ring (bicyclic) bond motifs is 2. The highest BCUT2D eigenvalue weighted by molar-refractivity contribution is 5.72. The van der Waals surface area contributed by atoms with Crippen molar-refractivity contribution in [2.45, 2.75) is 95.5 Å². The van der Waals surface area contributed by atoms with Crippen LogP contribution in [-0.2, 0) is 33.5 Å². The standard InChI is InChI=1S/C21H32O8/c1-11-4-6-15-12(2)18(24-10-13-5-7-16(25-13)17(22)23)26-19-21(15)14(11)8-9-20(3,27-19)28-29-21/h11-16,18-19H,4-10H2,1-3H3,(H,22,23)/t11-,12-,13?,14+,15+,16?,18+,19-,20-,21-/m1/s1. The van der Waals surface area contributed by atoms with Crippen LogP contribution < -0.4 is 0 Å². The summed E-state index contributed by atoms with van der Waals surface area (Å²) in [4.78, 5) is 23.1. The molecule has 0 radical (unpaired) electrons. The third-order valence-corrected chi connectivity index (χ3v) is 7.93. The maximum atomic E-state index is 11.1. The fourth-order valence-corrected chi connectivity index (χ4v) is 6.27. The Kier molecular flexibility index (Phi) is 4.96. The van der Waals surface area contributed by atoms with Gasteiger partial charge in [0.15, 0.2) is 24.3 Å². The second-order valence-corrected chi connectivity index (χ2v) is 9.77. The van der Waals surface area contributed by atoms with Gasteiger partial charge in [-0.3, -0.25) is 0 Å². The zero-order chi connectivity index (χ0) is 20.4. The molecule has 6 aliphatic rings. The summed E-state index contributed by atoms with van der Waals surface area (Å²) in [7, 11) is 0. The first-order chi connectivity index (χ1) is 13.8. The largest absolute Gasteiger partial charge is 0.479 e. The van der Waals surface area contributed by atoms with E-state index in [-0.39, 0.29) is 17.9 Å². The Morgan fingerprint density at radius 1 is 1.07 bits per heavy atom. The number of ether oxygens (including phenoxy) is 4. The van der Waals surface area contributed by atoms with Crippen molar-refractivity contribution in [1.29, 1.82) is 0 Å². The van der Waals surface area contributed by atoms with Crippen LogP contribution in [0, 0.1) is 23.7 Å². The first kappa shape index (κ1) is 20.2. The smallest absolute Gasteiger partial charge is 0.332 e. The van der Waals surface area contributed by atoms with Crippen LogP contribution in [0.3, 0.4) is 0 Å². The zero-order valence-electron chi connectivity index (χ0n) is 17.4. The molecule has 0 aromatic rings. The van der Waals surface area contributed by atoms with Gasteiger partial charge in [-0.2, -0.15) is 0 Å². The number of hydrogen-bond donors (Lipinski definition) is 1. The second kappa shape index (κ2) is 7.14. The van der Waals surface area contributed by atoms with Gasteiger partial charge < -0.3 is 24.1 Å². The van der Waals surface area contributed by atoms with Gasteiger partial charge in [0, 0.05) is 18.3 Å². The fraction of sp³-hybridized carbons (Fsp3) is 0.952. The van der Waals surface area contributed by atoms with Crippen molar-refractivity contribution in [2.24, 2.45) is 23.7 Å². The highest BCUT2D eigenvalue weighted by Crippen LogP contribution is 2.60. The van der Waals surface area contributed by atoms with E-state index in [9.17, 15) is 4.79 Å². The van der Waals surface area contributed by atoms with E-state index in [1.165, 1.54) is 0 Å². The first-order valence-electron chi connectivity index (χ1n) is 11.0. The van der Waals surface area contributed by atoms with E-state index in [1.807, 2.05) is 6.92 Å². The van der Waals surface area contributed by atoms with Crippen molar-refractivity contribution in [1.82, 2.24) is 0 Å². The number of carbonyl (C=O) groups is 1. The number of aliphatic carboxylic acids is 1. The van der Waals surface area contributed by atoms with E-state index >= 15 is 0 Å². The molecule has 1 N–H and O–H groups in total. The second-order valence-electron chi connectivity index (χ2n) is 9.77. The minimum Gasteiger partial charge on any atom is -0.479 e. The molecular weight excluding hydrogens is 380 g/mol. The van der Waals surface area contributed by atoms with Crippen LogP contribution >= 0.6 is 0 Å². The molecule has 0 aromatic carbocycles. The molecule has 1 saturated carbocycles. The summed E-state index contributed by atoms with van der Waals surface area (Å²) >= 11 is 0. The summed E-state index contributed by atoms with van der Waals surface area (Å²) in [5.74, 6) is -0.541. The van der Waals surface area contributed by atoms with E-state index in [0.29, 0.717) is 31.3 Å². The molecular formula is C21H32O8. The van der Waals surface area contributed by atoms with Crippen molar-refractivity contribution in [2.75, 3.05) is 6.61 Å². The molecule has 8 heteroatoms. The topological polar surface area (TPSA) is 92.7 Å². The van der Waals surface area contributed by atoms with Crippen LogP contribution in [0.2, 0.25) is 0 Å². The number of carboxylic acids is 1. The van der Waals surface area contributed by atoms with E-state index < -0.39 is 36.0 Å². The van der Waals surface area contributed by atoms with E-state index in [4.69, 9.17) is 33.8 Å². The normalized spacial score (nSPS) is 54.0. The molecule has 2 unspecified atom stereocenters. The van der Waals surface area contributed by atoms with Gasteiger partial charge in [0.25, 0.3) is 0 Å². The lowest BCUT2D eigenvalue weighted by Crippen LogP contribution is -2.70. The van der Waals surface area contributed by atoms with Crippen LogP contribution in [0.1, 0.15) is 59.3 Å². The minimum atomic E-state index is -0.910. The molecule has 0 aromatic heterocycles. The van der Waals surface area contributed by atoms with Crippen molar-refractivity contribution in [3.63, 3.8) is 0 Å². The summed E-state index contributed by atoms with van der Waals surface area (Å²) < 4.78 is 24.4. The molecule has 10 atom stereocenters. The molecule has 164 valence electrons.